The Morgan fingerprint density at radius 3 is 2.90 bits per heavy atom. The molecule has 1 N–H and O–H groups in total. The molecule has 0 spiro atoms. The molecule has 0 atom stereocenters. The van der Waals surface area contributed by atoms with E-state index in [0.29, 0.717) is 15.8 Å². The van der Waals surface area contributed by atoms with Crippen LogP contribution in [-0.4, -0.2) is 30.0 Å². The molecular weight excluding hydrogens is 334 g/mol. The Morgan fingerprint density at radius 1 is 1.52 bits per heavy atom. The van der Waals surface area contributed by atoms with Gasteiger partial charge in [-0.2, -0.15) is 5.10 Å². The predicted octanol–water partition coefficient (Wildman–Crippen LogP) is 2.64. The van der Waals surface area contributed by atoms with Gasteiger partial charge in [-0.25, -0.2) is 4.68 Å². The molecule has 2 aliphatic carbocycles. The van der Waals surface area contributed by atoms with Crippen molar-refractivity contribution in [3.63, 3.8) is 0 Å². The summed E-state index contributed by atoms with van der Waals surface area (Å²) in [6.45, 7) is 2.42. The Hall–Kier alpha value is -0.880. The maximum Gasteiger partial charge on any atom is 0.283 e. The molecule has 1 aromatic heterocycles. The molecule has 21 heavy (non-hydrogen) atoms. The van der Waals surface area contributed by atoms with Gasteiger partial charge in [0.2, 0.25) is 0 Å². The van der Waals surface area contributed by atoms with Gasteiger partial charge in [-0.1, -0.05) is 0 Å². The lowest BCUT2D eigenvalue weighted by atomic mass is 10.0. The van der Waals surface area contributed by atoms with Crippen molar-refractivity contribution in [3.8, 4) is 0 Å². The highest BCUT2D eigenvalue weighted by Crippen LogP contribution is 2.48. The molecule has 0 saturated heterocycles. The normalized spacial score (nSPS) is 19.5. The number of nitrogens with one attached hydrogen (secondary N) is 1. The van der Waals surface area contributed by atoms with Crippen LogP contribution in [0.4, 0.5) is 5.69 Å². The van der Waals surface area contributed by atoms with Crippen molar-refractivity contribution in [2.75, 3.05) is 25.6 Å². The summed E-state index contributed by atoms with van der Waals surface area (Å²) in [5.41, 5.74) is 1.11. The second kappa shape index (κ2) is 6.08. The zero-order valence-electron chi connectivity index (χ0n) is 12.4. The third kappa shape index (κ3) is 3.66. The SMILES string of the molecule is COCCC1(CNc2cnn(CC3CC3)c(=O)c2Br)CC1. The van der Waals surface area contributed by atoms with Crippen LogP contribution in [0, 0.1) is 11.3 Å². The molecule has 0 aliphatic heterocycles. The number of nitrogens with zero attached hydrogens (tertiary/aromatic N) is 2. The summed E-state index contributed by atoms with van der Waals surface area (Å²) in [4.78, 5) is 12.3. The van der Waals surface area contributed by atoms with Crippen molar-refractivity contribution in [1.29, 1.82) is 0 Å². The summed E-state index contributed by atoms with van der Waals surface area (Å²) in [5.74, 6) is 0.643. The minimum absolute atomic E-state index is 0.0337. The third-order valence-corrected chi connectivity index (χ3v) is 5.33. The molecular formula is C15H22BrN3O2. The topological polar surface area (TPSA) is 56.1 Å². The highest BCUT2D eigenvalue weighted by atomic mass is 79.9. The third-order valence-electron chi connectivity index (χ3n) is 4.56. The van der Waals surface area contributed by atoms with Crippen molar-refractivity contribution in [2.24, 2.45) is 11.3 Å². The number of hydrogen-bond acceptors (Lipinski definition) is 4. The van der Waals surface area contributed by atoms with Crippen LogP contribution in [0.3, 0.4) is 0 Å². The number of aromatic nitrogens is 2. The number of halogens is 1. The Bertz CT molecular complexity index is 565. The number of ether oxygens (including phenoxy) is 1. The largest absolute Gasteiger partial charge is 0.385 e. The van der Waals surface area contributed by atoms with E-state index in [4.69, 9.17) is 4.74 Å². The van der Waals surface area contributed by atoms with E-state index in [1.165, 1.54) is 25.7 Å². The van der Waals surface area contributed by atoms with Gasteiger partial charge in [-0.15, -0.1) is 0 Å². The first-order chi connectivity index (χ1) is 10.1. The number of methoxy groups -OCH3 is 1. The standard InChI is InChI=1S/C15H22BrN3O2/c1-21-7-6-15(4-5-15)10-17-12-8-18-19(9-11-2-3-11)14(20)13(12)16/h8,11,17H,2-7,9-10H2,1H3. The second-order valence-corrected chi connectivity index (χ2v) is 7.19. The summed E-state index contributed by atoms with van der Waals surface area (Å²) in [7, 11) is 1.74. The van der Waals surface area contributed by atoms with E-state index in [1.54, 1.807) is 18.0 Å². The van der Waals surface area contributed by atoms with Crippen LogP contribution in [0.15, 0.2) is 15.5 Å². The van der Waals surface area contributed by atoms with Crippen LogP contribution in [0.25, 0.3) is 0 Å². The van der Waals surface area contributed by atoms with E-state index in [0.717, 1.165) is 31.8 Å². The van der Waals surface area contributed by atoms with Crippen LogP contribution in [0.1, 0.15) is 32.1 Å². The fraction of sp³-hybridized carbons (Fsp3) is 0.733. The Balaban J connectivity index is 1.63. The Morgan fingerprint density at radius 2 is 2.29 bits per heavy atom. The molecule has 6 heteroatoms. The van der Waals surface area contributed by atoms with Gasteiger partial charge < -0.3 is 10.1 Å². The zero-order valence-corrected chi connectivity index (χ0v) is 14.0. The van der Waals surface area contributed by atoms with Crippen LogP contribution in [-0.2, 0) is 11.3 Å². The second-order valence-electron chi connectivity index (χ2n) is 6.40. The minimum Gasteiger partial charge on any atom is -0.385 e. The van der Waals surface area contributed by atoms with E-state index in [-0.39, 0.29) is 5.56 Å². The maximum atomic E-state index is 12.3. The van der Waals surface area contributed by atoms with Gasteiger partial charge >= 0.3 is 0 Å². The first-order valence-corrected chi connectivity index (χ1v) is 8.41. The zero-order chi connectivity index (χ0) is 14.9. The van der Waals surface area contributed by atoms with E-state index in [9.17, 15) is 4.79 Å². The fourth-order valence-corrected chi connectivity index (χ4v) is 3.00. The Kier molecular flexibility index (Phi) is 4.36. The lowest BCUT2D eigenvalue weighted by molar-refractivity contribution is 0.175. The summed E-state index contributed by atoms with van der Waals surface area (Å²) in [6.07, 6.45) is 7.72. The monoisotopic (exact) mass is 355 g/mol. The van der Waals surface area contributed by atoms with Crippen LogP contribution in [0.2, 0.25) is 0 Å². The summed E-state index contributed by atoms with van der Waals surface area (Å²) in [5, 5.41) is 7.67. The molecule has 0 radical (unpaired) electrons. The molecule has 0 amide bonds. The highest BCUT2D eigenvalue weighted by molar-refractivity contribution is 9.10. The smallest absolute Gasteiger partial charge is 0.283 e. The maximum absolute atomic E-state index is 12.3. The Labute approximate surface area is 133 Å². The quantitative estimate of drug-likeness (QED) is 0.778. The average molecular weight is 356 g/mol. The van der Waals surface area contributed by atoms with Crippen molar-refractivity contribution in [3.05, 3.63) is 21.0 Å². The summed E-state index contributed by atoms with van der Waals surface area (Å²) < 4.78 is 7.34. The molecule has 2 saturated carbocycles. The number of hydrogen-bond donors (Lipinski definition) is 1. The lowest BCUT2D eigenvalue weighted by Gasteiger charge is -2.17. The molecule has 116 valence electrons. The van der Waals surface area contributed by atoms with Gasteiger partial charge in [0.05, 0.1) is 11.9 Å². The van der Waals surface area contributed by atoms with Crippen molar-refractivity contribution in [2.45, 2.75) is 38.6 Å². The fourth-order valence-electron chi connectivity index (χ4n) is 2.56. The van der Waals surface area contributed by atoms with E-state index < -0.39 is 0 Å². The molecule has 5 nitrogen and oxygen atoms in total. The number of rotatable bonds is 8. The minimum atomic E-state index is -0.0337. The molecule has 0 bridgehead atoms. The van der Waals surface area contributed by atoms with Crippen LogP contribution in [0.5, 0.6) is 0 Å². The molecule has 2 aliphatic rings. The van der Waals surface area contributed by atoms with Crippen LogP contribution >= 0.6 is 15.9 Å². The molecule has 2 fully saturated rings. The van der Waals surface area contributed by atoms with Gasteiger partial charge in [0, 0.05) is 26.8 Å². The van der Waals surface area contributed by atoms with Gasteiger partial charge in [-0.3, -0.25) is 4.79 Å². The highest BCUT2D eigenvalue weighted by Gasteiger charge is 2.41. The van der Waals surface area contributed by atoms with Gasteiger partial charge in [0.25, 0.3) is 5.56 Å². The molecule has 0 unspecified atom stereocenters. The van der Waals surface area contributed by atoms with Gasteiger partial charge in [0.1, 0.15) is 4.47 Å². The van der Waals surface area contributed by atoms with Crippen molar-refractivity contribution in [1.82, 2.24) is 9.78 Å². The summed E-state index contributed by atoms with van der Waals surface area (Å²) in [6, 6.07) is 0. The lowest BCUT2D eigenvalue weighted by Crippen LogP contribution is -2.26. The van der Waals surface area contributed by atoms with Gasteiger partial charge in [0.15, 0.2) is 0 Å². The van der Waals surface area contributed by atoms with E-state index >= 15 is 0 Å². The van der Waals surface area contributed by atoms with Crippen molar-refractivity contribution >= 4 is 21.6 Å². The van der Waals surface area contributed by atoms with E-state index in [2.05, 4.69) is 26.3 Å². The average Bonchev–Trinajstić information content (AvgIpc) is 3.38. The number of anilines is 1. The van der Waals surface area contributed by atoms with Gasteiger partial charge in [-0.05, 0) is 59.4 Å². The van der Waals surface area contributed by atoms with E-state index in [1.807, 2.05) is 0 Å². The molecule has 1 heterocycles. The molecule has 1 aromatic rings. The molecule has 3 rings (SSSR count). The summed E-state index contributed by atoms with van der Waals surface area (Å²) >= 11 is 3.42. The van der Waals surface area contributed by atoms with Crippen LogP contribution < -0.4 is 10.9 Å². The predicted molar refractivity (Wildman–Crippen MR) is 85.6 cm³/mol. The first-order valence-electron chi connectivity index (χ1n) is 7.62. The van der Waals surface area contributed by atoms with Crippen molar-refractivity contribution < 1.29 is 4.74 Å². The first kappa shape index (κ1) is 15.0. The molecule has 0 aromatic carbocycles.